The van der Waals surface area contributed by atoms with Crippen LogP contribution in [-0.4, -0.2) is 26.1 Å². The van der Waals surface area contributed by atoms with Crippen molar-refractivity contribution in [3.63, 3.8) is 0 Å². The van der Waals surface area contributed by atoms with Crippen molar-refractivity contribution in [3.8, 4) is 0 Å². The molecule has 1 saturated heterocycles. The zero-order valence-electron chi connectivity index (χ0n) is 15.5. The minimum Gasteiger partial charge on any atom is -0.345 e. The second-order valence-electron chi connectivity index (χ2n) is 7.72. The molecule has 5 rings (SSSR count). The zero-order valence-corrected chi connectivity index (χ0v) is 15.5. The molecule has 6 nitrogen and oxygen atoms in total. The van der Waals surface area contributed by atoms with Crippen LogP contribution in [0.25, 0.3) is 10.9 Å². The van der Waals surface area contributed by atoms with Crippen molar-refractivity contribution < 1.29 is 0 Å². The molecule has 2 fully saturated rings. The number of aromatic nitrogens is 4. The van der Waals surface area contributed by atoms with Crippen molar-refractivity contribution in [1.29, 1.82) is 0 Å². The molecule has 2 aromatic heterocycles. The molecular formula is C21H23N5O. The normalized spacial score (nSPS) is 19.7. The van der Waals surface area contributed by atoms with Crippen molar-refractivity contribution in [2.45, 2.75) is 45.2 Å². The lowest BCUT2D eigenvalue weighted by molar-refractivity contribution is 0.525. The zero-order chi connectivity index (χ0) is 18.4. The van der Waals surface area contributed by atoms with Gasteiger partial charge in [0.05, 0.1) is 28.8 Å². The number of rotatable bonds is 4. The van der Waals surface area contributed by atoms with E-state index in [1.54, 1.807) is 6.20 Å². The molecule has 1 saturated carbocycles. The number of hydrogen-bond acceptors (Lipinski definition) is 5. The van der Waals surface area contributed by atoms with Gasteiger partial charge in [-0.2, -0.15) is 0 Å². The highest BCUT2D eigenvalue weighted by Crippen LogP contribution is 2.36. The second-order valence-corrected chi connectivity index (χ2v) is 7.72. The first-order chi connectivity index (χ1) is 13.2. The van der Waals surface area contributed by atoms with Crippen LogP contribution < -0.4 is 10.5 Å². The molecule has 0 amide bonds. The molecule has 3 heterocycles. The van der Waals surface area contributed by atoms with Crippen molar-refractivity contribution in [3.05, 3.63) is 58.5 Å². The lowest BCUT2D eigenvalue weighted by atomic mass is 10.1. The van der Waals surface area contributed by atoms with E-state index in [0.29, 0.717) is 11.3 Å². The number of hydrogen-bond donors (Lipinski definition) is 0. The first kappa shape index (κ1) is 16.4. The summed E-state index contributed by atoms with van der Waals surface area (Å²) in [6.45, 7) is 3.64. The van der Waals surface area contributed by atoms with Crippen molar-refractivity contribution in [2.75, 3.05) is 11.4 Å². The number of benzene rings is 1. The molecule has 6 heteroatoms. The maximum Gasteiger partial charge on any atom is 0.261 e. The molecule has 2 aliphatic rings. The van der Waals surface area contributed by atoms with Gasteiger partial charge >= 0.3 is 0 Å². The van der Waals surface area contributed by atoms with E-state index in [1.165, 1.54) is 12.8 Å². The Morgan fingerprint density at radius 2 is 1.96 bits per heavy atom. The minimum atomic E-state index is 0.0668. The van der Waals surface area contributed by atoms with E-state index >= 15 is 0 Å². The molecular weight excluding hydrogens is 338 g/mol. The molecule has 1 unspecified atom stereocenters. The Morgan fingerprint density at radius 1 is 1.11 bits per heavy atom. The van der Waals surface area contributed by atoms with Crippen LogP contribution in [0.1, 0.15) is 43.2 Å². The Bertz CT molecular complexity index is 1060. The quantitative estimate of drug-likeness (QED) is 0.714. The van der Waals surface area contributed by atoms with Crippen molar-refractivity contribution >= 4 is 16.7 Å². The van der Waals surface area contributed by atoms with Gasteiger partial charge in [0.1, 0.15) is 11.6 Å². The first-order valence-electron chi connectivity index (χ1n) is 9.75. The molecule has 0 bridgehead atoms. The van der Waals surface area contributed by atoms with E-state index < -0.39 is 0 Å². The summed E-state index contributed by atoms with van der Waals surface area (Å²) < 4.78 is 1.94. The van der Waals surface area contributed by atoms with Crippen LogP contribution in [0.3, 0.4) is 0 Å². The molecule has 1 aromatic carbocycles. The Kier molecular flexibility index (Phi) is 3.92. The third-order valence-electron chi connectivity index (χ3n) is 5.62. The third kappa shape index (κ3) is 2.99. The number of aryl methyl sites for hydroxylation is 1. The molecule has 0 radical (unpaired) electrons. The molecule has 0 N–H and O–H groups in total. The number of para-hydroxylation sites is 1. The fourth-order valence-corrected chi connectivity index (χ4v) is 4.07. The first-order valence-corrected chi connectivity index (χ1v) is 9.75. The summed E-state index contributed by atoms with van der Waals surface area (Å²) in [4.78, 5) is 29.5. The van der Waals surface area contributed by atoms with Gasteiger partial charge in [-0.3, -0.25) is 14.3 Å². The van der Waals surface area contributed by atoms with Crippen LogP contribution in [0.5, 0.6) is 0 Å². The summed E-state index contributed by atoms with van der Waals surface area (Å²) in [5.74, 6) is 2.36. The number of fused-ring (bicyclic) bond motifs is 1. The van der Waals surface area contributed by atoms with E-state index in [-0.39, 0.29) is 11.6 Å². The Hall–Kier alpha value is -2.76. The van der Waals surface area contributed by atoms with Crippen LogP contribution >= 0.6 is 0 Å². The van der Waals surface area contributed by atoms with Gasteiger partial charge in [-0.1, -0.05) is 12.1 Å². The smallest absolute Gasteiger partial charge is 0.261 e. The molecule has 138 valence electrons. The Labute approximate surface area is 157 Å². The highest BCUT2D eigenvalue weighted by molar-refractivity contribution is 5.77. The average Bonchev–Trinajstić information content (AvgIpc) is 3.36. The van der Waals surface area contributed by atoms with E-state index in [9.17, 15) is 4.79 Å². The van der Waals surface area contributed by atoms with Crippen LogP contribution in [0.4, 0.5) is 5.82 Å². The van der Waals surface area contributed by atoms with Gasteiger partial charge in [-0.25, -0.2) is 9.97 Å². The van der Waals surface area contributed by atoms with Crippen LogP contribution in [0.2, 0.25) is 0 Å². The topological polar surface area (TPSA) is 63.9 Å². The van der Waals surface area contributed by atoms with E-state index in [0.717, 1.165) is 48.8 Å². The predicted molar refractivity (Wildman–Crippen MR) is 105 cm³/mol. The van der Waals surface area contributed by atoms with Crippen molar-refractivity contribution in [1.82, 2.24) is 19.5 Å². The van der Waals surface area contributed by atoms with E-state index in [2.05, 4.69) is 14.9 Å². The SMILES string of the molecule is Cc1cncc(N2CCCC2c2nc3ccccc3c(=O)n2CC2CC2)n1. The van der Waals surface area contributed by atoms with Gasteiger partial charge in [0.15, 0.2) is 0 Å². The summed E-state index contributed by atoms with van der Waals surface area (Å²) in [7, 11) is 0. The summed E-state index contributed by atoms with van der Waals surface area (Å²) in [6.07, 6.45) is 8.03. The summed E-state index contributed by atoms with van der Waals surface area (Å²) in [6, 6.07) is 7.75. The largest absolute Gasteiger partial charge is 0.345 e. The maximum atomic E-state index is 13.2. The van der Waals surface area contributed by atoms with Gasteiger partial charge < -0.3 is 4.90 Å². The van der Waals surface area contributed by atoms with Gasteiger partial charge in [-0.15, -0.1) is 0 Å². The highest BCUT2D eigenvalue weighted by atomic mass is 16.1. The van der Waals surface area contributed by atoms with Crippen LogP contribution in [0, 0.1) is 12.8 Å². The molecule has 1 aliphatic heterocycles. The van der Waals surface area contributed by atoms with Gasteiger partial charge in [-0.05, 0) is 50.7 Å². The Balaban J connectivity index is 1.65. The van der Waals surface area contributed by atoms with Gasteiger partial charge in [0, 0.05) is 19.3 Å². The van der Waals surface area contributed by atoms with Gasteiger partial charge in [0.25, 0.3) is 5.56 Å². The fraction of sp³-hybridized carbons (Fsp3) is 0.429. The molecule has 0 spiro atoms. The standard InChI is InChI=1S/C21H23N5O/c1-14-11-22-12-19(23-14)25-10-4-7-18(25)20-24-17-6-3-2-5-16(17)21(27)26(20)13-15-8-9-15/h2-3,5-6,11-12,15,18H,4,7-10,13H2,1H3. The summed E-state index contributed by atoms with van der Waals surface area (Å²) in [5.41, 5.74) is 1.77. The van der Waals surface area contributed by atoms with E-state index in [1.807, 2.05) is 42.0 Å². The molecule has 1 atom stereocenters. The lowest BCUT2D eigenvalue weighted by Gasteiger charge is -2.27. The molecule has 3 aromatic rings. The third-order valence-corrected chi connectivity index (χ3v) is 5.62. The van der Waals surface area contributed by atoms with Gasteiger partial charge in [0.2, 0.25) is 0 Å². The Morgan fingerprint density at radius 3 is 2.78 bits per heavy atom. The monoisotopic (exact) mass is 361 g/mol. The summed E-state index contributed by atoms with van der Waals surface area (Å²) in [5, 5.41) is 0.710. The predicted octanol–water partition coefficient (Wildman–Crippen LogP) is 3.25. The fourth-order valence-electron chi connectivity index (χ4n) is 4.07. The number of anilines is 1. The lowest BCUT2D eigenvalue weighted by Crippen LogP contribution is -2.33. The highest BCUT2D eigenvalue weighted by Gasteiger charge is 2.33. The molecule has 1 aliphatic carbocycles. The molecule has 27 heavy (non-hydrogen) atoms. The second kappa shape index (κ2) is 6.44. The summed E-state index contributed by atoms with van der Waals surface area (Å²) >= 11 is 0. The average molecular weight is 361 g/mol. The minimum absolute atomic E-state index is 0.0668. The van der Waals surface area contributed by atoms with Crippen LogP contribution in [0.15, 0.2) is 41.5 Å². The van der Waals surface area contributed by atoms with Crippen molar-refractivity contribution in [2.24, 2.45) is 5.92 Å². The number of nitrogens with zero attached hydrogens (tertiary/aromatic N) is 5. The maximum absolute atomic E-state index is 13.2. The van der Waals surface area contributed by atoms with Crippen LogP contribution in [-0.2, 0) is 6.54 Å². The van der Waals surface area contributed by atoms with E-state index in [4.69, 9.17) is 4.98 Å².